The molecule has 0 radical (unpaired) electrons. The molecule has 1 aromatic carbocycles. The number of alkyl halides is 2. The van der Waals surface area contributed by atoms with Crippen molar-refractivity contribution in [2.75, 3.05) is 20.2 Å². The van der Waals surface area contributed by atoms with Gasteiger partial charge in [0.2, 0.25) is 0 Å². The lowest BCUT2D eigenvalue weighted by Gasteiger charge is -2.12. The van der Waals surface area contributed by atoms with Crippen LogP contribution in [0.25, 0.3) is 0 Å². The summed E-state index contributed by atoms with van der Waals surface area (Å²) in [5, 5.41) is 6.52. The lowest BCUT2D eigenvalue weighted by Crippen LogP contribution is -2.38. The first kappa shape index (κ1) is 20.7. The van der Waals surface area contributed by atoms with Gasteiger partial charge in [0, 0.05) is 19.1 Å². The number of nitrogens with zero attached hydrogens (tertiary/aromatic N) is 1. The number of guanidine groups is 1. The molecule has 0 aromatic heterocycles. The van der Waals surface area contributed by atoms with Crippen molar-refractivity contribution in [2.45, 2.75) is 38.8 Å². The molecule has 1 aliphatic rings. The second-order valence-electron chi connectivity index (χ2n) is 5.29. The molecule has 1 aliphatic carbocycles. The van der Waals surface area contributed by atoms with E-state index in [1.165, 1.54) is 20.0 Å². The molecule has 0 spiro atoms. The SMILES string of the molecule is CCNC(=NCCc1ccc(OC)c(OC(F)F)c1)NC1CC1.I. The molecule has 2 N–H and O–H groups in total. The third-order valence-corrected chi connectivity index (χ3v) is 3.38. The van der Waals surface area contributed by atoms with Crippen LogP contribution in [-0.4, -0.2) is 38.8 Å². The largest absolute Gasteiger partial charge is 0.493 e. The molecular formula is C16H24F2IN3O2. The zero-order valence-electron chi connectivity index (χ0n) is 13.9. The van der Waals surface area contributed by atoms with E-state index >= 15 is 0 Å². The molecule has 24 heavy (non-hydrogen) atoms. The molecule has 8 heteroatoms. The summed E-state index contributed by atoms with van der Waals surface area (Å²) in [5.74, 6) is 1.14. The Balaban J connectivity index is 0.00000288. The summed E-state index contributed by atoms with van der Waals surface area (Å²) in [6.45, 7) is 0.498. The van der Waals surface area contributed by atoms with Crippen molar-refractivity contribution in [3.8, 4) is 11.5 Å². The van der Waals surface area contributed by atoms with Crippen molar-refractivity contribution in [1.82, 2.24) is 10.6 Å². The number of halogens is 3. The number of hydrogen-bond acceptors (Lipinski definition) is 3. The maximum absolute atomic E-state index is 12.4. The van der Waals surface area contributed by atoms with Crippen LogP contribution < -0.4 is 20.1 Å². The summed E-state index contributed by atoms with van der Waals surface area (Å²) >= 11 is 0. The van der Waals surface area contributed by atoms with Crippen LogP contribution in [0.4, 0.5) is 8.78 Å². The predicted octanol–water partition coefficient (Wildman–Crippen LogP) is 3.17. The second kappa shape index (κ2) is 10.5. The molecule has 2 rings (SSSR count). The minimum Gasteiger partial charge on any atom is -0.493 e. The van der Waals surface area contributed by atoms with E-state index in [0.717, 1.165) is 18.1 Å². The molecule has 0 amide bonds. The summed E-state index contributed by atoms with van der Waals surface area (Å²) < 4.78 is 34.4. The van der Waals surface area contributed by atoms with Gasteiger partial charge in [-0.05, 0) is 43.9 Å². The fourth-order valence-corrected chi connectivity index (χ4v) is 2.10. The summed E-state index contributed by atoms with van der Waals surface area (Å²) in [7, 11) is 1.42. The Morgan fingerprint density at radius 1 is 1.33 bits per heavy atom. The molecule has 1 aromatic rings. The Hall–Kier alpha value is -1.32. The smallest absolute Gasteiger partial charge is 0.387 e. The molecule has 0 saturated heterocycles. The van der Waals surface area contributed by atoms with E-state index in [9.17, 15) is 8.78 Å². The van der Waals surface area contributed by atoms with E-state index in [2.05, 4.69) is 20.4 Å². The van der Waals surface area contributed by atoms with E-state index in [4.69, 9.17) is 4.74 Å². The van der Waals surface area contributed by atoms with Gasteiger partial charge in [-0.1, -0.05) is 6.07 Å². The molecule has 0 heterocycles. The van der Waals surface area contributed by atoms with Gasteiger partial charge in [0.15, 0.2) is 17.5 Å². The molecule has 0 unspecified atom stereocenters. The van der Waals surface area contributed by atoms with E-state index in [1.807, 2.05) is 13.0 Å². The van der Waals surface area contributed by atoms with Crippen molar-refractivity contribution < 1.29 is 18.3 Å². The van der Waals surface area contributed by atoms with Crippen LogP contribution in [0.1, 0.15) is 25.3 Å². The third-order valence-electron chi connectivity index (χ3n) is 3.38. The summed E-state index contributed by atoms with van der Waals surface area (Å²) in [6, 6.07) is 5.56. The fraction of sp³-hybridized carbons (Fsp3) is 0.562. The van der Waals surface area contributed by atoms with Crippen molar-refractivity contribution in [2.24, 2.45) is 4.99 Å². The van der Waals surface area contributed by atoms with Gasteiger partial charge >= 0.3 is 6.61 Å². The van der Waals surface area contributed by atoms with Crippen LogP contribution in [0.5, 0.6) is 11.5 Å². The minimum absolute atomic E-state index is 0. The van der Waals surface area contributed by atoms with E-state index in [0.29, 0.717) is 24.8 Å². The van der Waals surface area contributed by atoms with Gasteiger partial charge in [0.1, 0.15) is 0 Å². The highest BCUT2D eigenvalue weighted by molar-refractivity contribution is 14.0. The lowest BCUT2D eigenvalue weighted by molar-refractivity contribution is -0.0512. The Kier molecular flexibility index (Phi) is 9.09. The standard InChI is InChI=1S/C16H23F2N3O2.HI/c1-3-19-16(21-12-5-6-12)20-9-8-11-4-7-13(22-2)14(10-11)23-15(17)18;/h4,7,10,12,15H,3,5-6,8-9H2,1-2H3,(H2,19,20,21);1H. The number of nitrogens with one attached hydrogen (secondary N) is 2. The van der Waals surface area contributed by atoms with E-state index in [1.54, 1.807) is 12.1 Å². The first-order valence-electron chi connectivity index (χ1n) is 7.79. The maximum atomic E-state index is 12.4. The molecule has 5 nitrogen and oxygen atoms in total. The Labute approximate surface area is 158 Å². The summed E-state index contributed by atoms with van der Waals surface area (Å²) in [6.07, 6.45) is 2.99. The highest BCUT2D eigenvalue weighted by Crippen LogP contribution is 2.29. The van der Waals surface area contributed by atoms with Gasteiger partial charge in [0.25, 0.3) is 0 Å². The molecule has 1 fully saturated rings. The number of ether oxygens (including phenoxy) is 2. The number of benzene rings is 1. The van der Waals surface area contributed by atoms with Gasteiger partial charge in [0.05, 0.1) is 7.11 Å². The zero-order valence-corrected chi connectivity index (χ0v) is 16.2. The summed E-state index contributed by atoms with van der Waals surface area (Å²) in [5.41, 5.74) is 0.868. The van der Waals surface area contributed by atoms with Crippen LogP contribution in [0.2, 0.25) is 0 Å². The number of hydrogen-bond donors (Lipinski definition) is 2. The lowest BCUT2D eigenvalue weighted by atomic mass is 10.1. The number of methoxy groups -OCH3 is 1. The monoisotopic (exact) mass is 455 g/mol. The van der Waals surface area contributed by atoms with Crippen LogP contribution >= 0.6 is 24.0 Å². The molecule has 136 valence electrons. The van der Waals surface area contributed by atoms with Crippen molar-refractivity contribution >= 4 is 29.9 Å². The van der Waals surface area contributed by atoms with Crippen LogP contribution in [0, 0.1) is 0 Å². The van der Waals surface area contributed by atoms with Crippen LogP contribution in [0.3, 0.4) is 0 Å². The van der Waals surface area contributed by atoms with Crippen molar-refractivity contribution in [1.29, 1.82) is 0 Å². The minimum atomic E-state index is -2.87. The highest BCUT2D eigenvalue weighted by Gasteiger charge is 2.22. The fourth-order valence-electron chi connectivity index (χ4n) is 2.10. The van der Waals surface area contributed by atoms with Gasteiger partial charge in [-0.25, -0.2) is 0 Å². The Bertz CT molecular complexity index is 540. The highest BCUT2D eigenvalue weighted by atomic mass is 127. The predicted molar refractivity (Wildman–Crippen MR) is 101 cm³/mol. The Morgan fingerprint density at radius 2 is 2.08 bits per heavy atom. The van der Waals surface area contributed by atoms with Crippen molar-refractivity contribution in [3.63, 3.8) is 0 Å². The van der Waals surface area contributed by atoms with Gasteiger partial charge < -0.3 is 20.1 Å². The number of rotatable bonds is 8. The van der Waals surface area contributed by atoms with Crippen molar-refractivity contribution in [3.05, 3.63) is 23.8 Å². The first-order chi connectivity index (χ1) is 11.1. The topological polar surface area (TPSA) is 54.9 Å². The van der Waals surface area contributed by atoms with Gasteiger partial charge in [-0.2, -0.15) is 8.78 Å². The van der Waals surface area contributed by atoms with E-state index < -0.39 is 6.61 Å². The van der Waals surface area contributed by atoms with Crippen LogP contribution in [-0.2, 0) is 6.42 Å². The molecule has 0 bridgehead atoms. The maximum Gasteiger partial charge on any atom is 0.387 e. The number of aliphatic imine (C=N–C) groups is 1. The van der Waals surface area contributed by atoms with Crippen LogP contribution in [0.15, 0.2) is 23.2 Å². The quantitative estimate of drug-likeness (QED) is 0.359. The summed E-state index contributed by atoms with van der Waals surface area (Å²) in [4.78, 5) is 4.50. The zero-order chi connectivity index (χ0) is 16.7. The Morgan fingerprint density at radius 3 is 2.67 bits per heavy atom. The van der Waals surface area contributed by atoms with Gasteiger partial charge in [-0.3, -0.25) is 4.99 Å². The first-order valence-corrected chi connectivity index (χ1v) is 7.79. The molecule has 0 atom stereocenters. The average Bonchev–Trinajstić information content (AvgIpc) is 3.31. The third kappa shape index (κ3) is 7.06. The normalized spacial score (nSPS) is 14.1. The van der Waals surface area contributed by atoms with Gasteiger partial charge in [-0.15, -0.1) is 24.0 Å². The molecule has 1 saturated carbocycles. The molecular weight excluding hydrogens is 431 g/mol. The average molecular weight is 455 g/mol. The second-order valence-corrected chi connectivity index (χ2v) is 5.29. The van der Waals surface area contributed by atoms with E-state index in [-0.39, 0.29) is 29.7 Å². The molecule has 0 aliphatic heterocycles.